The van der Waals surface area contributed by atoms with E-state index in [9.17, 15) is 0 Å². The molecule has 3 N–H and O–H groups in total. The Balaban J connectivity index is 2.09. The number of anilines is 2. The van der Waals surface area contributed by atoms with E-state index in [1.807, 2.05) is 31.3 Å². The zero-order valence-electron chi connectivity index (χ0n) is 9.14. The summed E-state index contributed by atoms with van der Waals surface area (Å²) in [4.78, 5) is 8.22. The van der Waals surface area contributed by atoms with Crippen molar-refractivity contribution in [2.75, 3.05) is 11.1 Å². The molecule has 0 radical (unpaired) electrons. The van der Waals surface area contributed by atoms with Crippen LogP contribution in [0.2, 0.25) is 0 Å². The molecule has 0 bridgehead atoms. The average molecular weight is 214 g/mol. The summed E-state index contributed by atoms with van der Waals surface area (Å²) in [6.45, 7) is 2.74. The highest BCUT2D eigenvalue weighted by Crippen LogP contribution is 2.15. The van der Waals surface area contributed by atoms with Crippen LogP contribution in [-0.4, -0.2) is 9.97 Å². The van der Waals surface area contributed by atoms with Crippen LogP contribution < -0.4 is 11.1 Å². The number of nitrogens with zero attached hydrogens (tertiary/aromatic N) is 2. The predicted octanol–water partition coefficient (Wildman–Crippen LogP) is 1.98. The second kappa shape index (κ2) is 4.61. The van der Waals surface area contributed by atoms with Crippen LogP contribution in [0.4, 0.5) is 11.5 Å². The van der Waals surface area contributed by atoms with E-state index in [1.54, 1.807) is 12.4 Å². The van der Waals surface area contributed by atoms with Crippen LogP contribution in [0.5, 0.6) is 0 Å². The minimum atomic E-state index is 0.661. The Hall–Kier alpha value is -2.10. The summed E-state index contributed by atoms with van der Waals surface area (Å²) in [5.41, 5.74) is 8.80. The van der Waals surface area contributed by atoms with Gasteiger partial charge < -0.3 is 11.1 Å². The molecular weight excluding hydrogens is 200 g/mol. The van der Waals surface area contributed by atoms with Gasteiger partial charge in [0.1, 0.15) is 5.82 Å². The quantitative estimate of drug-likeness (QED) is 0.820. The normalized spacial score (nSPS) is 10.1. The van der Waals surface area contributed by atoms with Crippen molar-refractivity contribution in [1.82, 2.24) is 9.97 Å². The Bertz CT molecular complexity index is 436. The van der Waals surface area contributed by atoms with Crippen molar-refractivity contribution in [2.24, 2.45) is 0 Å². The van der Waals surface area contributed by atoms with Gasteiger partial charge in [0.2, 0.25) is 0 Å². The molecule has 0 saturated heterocycles. The Morgan fingerprint density at radius 2 is 2.19 bits per heavy atom. The molecule has 0 aromatic carbocycles. The van der Waals surface area contributed by atoms with Crippen LogP contribution in [0, 0.1) is 6.92 Å². The van der Waals surface area contributed by atoms with Gasteiger partial charge in [0.05, 0.1) is 5.69 Å². The first-order valence-corrected chi connectivity index (χ1v) is 5.11. The summed E-state index contributed by atoms with van der Waals surface area (Å²) >= 11 is 0. The minimum Gasteiger partial charge on any atom is -0.396 e. The molecule has 0 saturated carbocycles. The van der Waals surface area contributed by atoms with Gasteiger partial charge in [-0.1, -0.05) is 0 Å². The molecule has 16 heavy (non-hydrogen) atoms. The van der Waals surface area contributed by atoms with Crippen molar-refractivity contribution in [3.05, 3.63) is 47.9 Å². The maximum Gasteiger partial charge on any atom is 0.149 e. The van der Waals surface area contributed by atoms with E-state index in [0.717, 1.165) is 11.4 Å². The molecule has 0 aliphatic carbocycles. The maximum atomic E-state index is 5.79. The number of nitrogen functional groups attached to an aromatic ring is 1. The number of nitrogens with one attached hydrogen (secondary N) is 1. The van der Waals surface area contributed by atoms with E-state index >= 15 is 0 Å². The lowest BCUT2D eigenvalue weighted by Gasteiger charge is -2.09. The van der Waals surface area contributed by atoms with Crippen molar-refractivity contribution in [3.8, 4) is 0 Å². The SMILES string of the molecule is Cc1cnccc1CNc1ncccc1N. The van der Waals surface area contributed by atoms with Gasteiger partial charge in [-0.05, 0) is 36.2 Å². The molecular formula is C12H14N4. The Morgan fingerprint density at radius 1 is 1.31 bits per heavy atom. The van der Waals surface area contributed by atoms with Gasteiger partial charge in [-0.2, -0.15) is 0 Å². The maximum absolute atomic E-state index is 5.79. The minimum absolute atomic E-state index is 0.661. The largest absolute Gasteiger partial charge is 0.396 e. The van der Waals surface area contributed by atoms with E-state index in [1.165, 1.54) is 5.56 Å². The first kappa shape index (κ1) is 10.4. The molecule has 0 unspecified atom stereocenters. The molecule has 0 spiro atoms. The van der Waals surface area contributed by atoms with Crippen LogP contribution in [0.1, 0.15) is 11.1 Å². The molecule has 2 heterocycles. The number of aryl methyl sites for hydroxylation is 1. The second-order valence-corrected chi connectivity index (χ2v) is 3.60. The fourth-order valence-electron chi connectivity index (χ4n) is 1.44. The van der Waals surface area contributed by atoms with Crippen molar-refractivity contribution >= 4 is 11.5 Å². The fraction of sp³-hybridized carbons (Fsp3) is 0.167. The molecule has 0 fully saturated rings. The smallest absolute Gasteiger partial charge is 0.149 e. The van der Waals surface area contributed by atoms with Gasteiger partial charge in [0, 0.05) is 25.1 Å². The van der Waals surface area contributed by atoms with Crippen LogP contribution in [-0.2, 0) is 6.54 Å². The van der Waals surface area contributed by atoms with Crippen molar-refractivity contribution in [1.29, 1.82) is 0 Å². The summed E-state index contributed by atoms with van der Waals surface area (Å²) in [5, 5.41) is 3.21. The molecule has 2 rings (SSSR count). The molecule has 82 valence electrons. The molecule has 2 aromatic rings. The number of pyridine rings is 2. The van der Waals surface area contributed by atoms with Crippen LogP contribution in [0.25, 0.3) is 0 Å². The van der Waals surface area contributed by atoms with Crippen LogP contribution in [0.15, 0.2) is 36.8 Å². The first-order valence-electron chi connectivity index (χ1n) is 5.11. The summed E-state index contributed by atoms with van der Waals surface area (Å²) < 4.78 is 0. The van der Waals surface area contributed by atoms with Gasteiger partial charge in [0.25, 0.3) is 0 Å². The summed E-state index contributed by atoms with van der Waals surface area (Å²) in [5.74, 6) is 0.721. The molecule has 4 nitrogen and oxygen atoms in total. The highest BCUT2D eigenvalue weighted by molar-refractivity contribution is 5.60. The third-order valence-corrected chi connectivity index (χ3v) is 2.42. The predicted molar refractivity (Wildman–Crippen MR) is 65.0 cm³/mol. The van der Waals surface area contributed by atoms with E-state index in [2.05, 4.69) is 15.3 Å². The lowest BCUT2D eigenvalue weighted by molar-refractivity contribution is 1.07. The molecule has 4 heteroatoms. The third kappa shape index (κ3) is 2.28. The van der Waals surface area contributed by atoms with Crippen LogP contribution in [0.3, 0.4) is 0 Å². The molecule has 0 aliphatic heterocycles. The molecule has 0 atom stereocenters. The lowest BCUT2D eigenvalue weighted by atomic mass is 10.1. The third-order valence-electron chi connectivity index (χ3n) is 2.42. The van der Waals surface area contributed by atoms with E-state index in [0.29, 0.717) is 12.2 Å². The van der Waals surface area contributed by atoms with Gasteiger partial charge in [-0.15, -0.1) is 0 Å². The Kier molecular flexibility index (Phi) is 3.00. The molecule has 2 aromatic heterocycles. The van der Waals surface area contributed by atoms with Gasteiger partial charge >= 0.3 is 0 Å². The van der Waals surface area contributed by atoms with Crippen molar-refractivity contribution < 1.29 is 0 Å². The Labute approximate surface area is 94.5 Å². The second-order valence-electron chi connectivity index (χ2n) is 3.60. The highest BCUT2D eigenvalue weighted by Gasteiger charge is 2.00. The van der Waals surface area contributed by atoms with Crippen molar-refractivity contribution in [3.63, 3.8) is 0 Å². The van der Waals surface area contributed by atoms with Gasteiger partial charge in [-0.3, -0.25) is 4.98 Å². The average Bonchev–Trinajstić information content (AvgIpc) is 2.30. The van der Waals surface area contributed by atoms with Gasteiger partial charge in [-0.25, -0.2) is 4.98 Å². The molecule has 0 aliphatic rings. The zero-order chi connectivity index (χ0) is 11.4. The molecule has 0 amide bonds. The highest BCUT2D eigenvalue weighted by atomic mass is 15.0. The summed E-state index contributed by atoms with van der Waals surface area (Å²) in [6, 6.07) is 5.63. The number of hydrogen-bond acceptors (Lipinski definition) is 4. The standard InChI is InChI=1S/C12H14N4/c1-9-7-14-6-4-10(9)8-16-12-11(13)3-2-5-15-12/h2-7H,8,13H2,1H3,(H,15,16). The summed E-state index contributed by atoms with van der Waals surface area (Å²) in [6.07, 6.45) is 5.35. The van der Waals surface area contributed by atoms with Crippen molar-refractivity contribution in [2.45, 2.75) is 13.5 Å². The van der Waals surface area contributed by atoms with E-state index < -0.39 is 0 Å². The number of rotatable bonds is 3. The van der Waals surface area contributed by atoms with Crippen LogP contribution >= 0.6 is 0 Å². The number of nitrogens with two attached hydrogens (primary N) is 1. The lowest BCUT2D eigenvalue weighted by Crippen LogP contribution is -2.05. The zero-order valence-corrected chi connectivity index (χ0v) is 9.14. The fourth-order valence-corrected chi connectivity index (χ4v) is 1.44. The van der Waals surface area contributed by atoms with Gasteiger partial charge in [0.15, 0.2) is 0 Å². The first-order chi connectivity index (χ1) is 7.77. The Morgan fingerprint density at radius 3 is 2.94 bits per heavy atom. The van der Waals surface area contributed by atoms with E-state index in [4.69, 9.17) is 5.73 Å². The van der Waals surface area contributed by atoms with E-state index in [-0.39, 0.29) is 0 Å². The number of aromatic nitrogens is 2. The number of hydrogen-bond donors (Lipinski definition) is 2. The topological polar surface area (TPSA) is 63.8 Å². The monoisotopic (exact) mass is 214 g/mol. The summed E-state index contributed by atoms with van der Waals surface area (Å²) in [7, 11) is 0.